The maximum Gasteiger partial charge on any atom is 0.0700 e. The molecule has 0 amide bonds. The van der Waals surface area contributed by atoms with Crippen LogP contribution in [0.2, 0.25) is 0 Å². The van der Waals surface area contributed by atoms with Crippen LogP contribution < -0.4 is 0 Å². The monoisotopic (exact) mass is 212 g/mol. The fourth-order valence-electron chi connectivity index (χ4n) is 3.10. The summed E-state index contributed by atoms with van der Waals surface area (Å²) in [6, 6.07) is 0. The third kappa shape index (κ3) is 1.72. The van der Waals surface area contributed by atoms with Crippen molar-refractivity contribution in [3.63, 3.8) is 0 Å². The fourth-order valence-corrected chi connectivity index (χ4v) is 3.10. The molecule has 0 aromatic rings. The average Bonchev–Trinajstić information content (AvgIpc) is 2.45. The molecule has 0 aromatic carbocycles. The number of aliphatic hydroxyl groups is 1. The van der Waals surface area contributed by atoms with E-state index in [1.165, 1.54) is 0 Å². The van der Waals surface area contributed by atoms with Gasteiger partial charge in [-0.25, -0.2) is 0 Å². The van der Waals surface area contributed by atoms with Crippen LogP contribution in [-0.4, -0.2) is 22.9 Å². The molecular weight excluding hydrogens is 188 g/mol. The van der Waals surface area contributed by atoms with E-state index in [9.17, 15) is 5.11 Å². The normalized spacial score (nSPS) is 46.6. The Kier molecular flexibility index (Phi) is 2.44. The van der Waals surface area contributed by atoms with Crippen LogP contribution in [0.3, 0.4) is 0 Å². The van der Waals surface area contributed by atoms with Crippen molar-refractivity contribution >= 4 is 0 Å². The highest BCUT2D eigenvalue weighted by molar-refractivity contribution is 5.04. The van der Waals surface area contributed by atoms with Gasteiger partial charge in [0.05, 0.1) is 11.2 Å². The Hall–Kier alpha value is -0.0800. The molecule has 2 heteroatoms. The molecule has 0 spiro atoms. The molecule has 1 heterocycles. The zero-order valence-corrected chi connectivity index (χ0v) is 10.5. The lowest BCUT2D eigenvalue weighted by atomic mass is 9.61. The lowest BCUT2D eigenvalue weighted by molar-refractivity contribution is -0.144. The largest absolute Gasteiger partial charge is 0.389 e. The van der Waals surface area contributed by atoms with E-state index in [1.807, 2.05) is 0 Å². The summed E-state index contributed by atoms with van der Waals surface area (Å²) in [5, 5.41) is 10.7. The van der Waals surface area contributed by atoms with Gasteiger partial charge in [0.2, 0.25) is 0 Å². The first-order valence-corrected chi connectivity index (χ1v) is 6.13. The van der Waals surface area contributed by atoms with E-state index < -0.39 is 5.60 Å². The molecule has 3 atom stereocenters. The molecule has 0 radical (unpaired) electrons. The molecule has 2 nitrogen and oxygen atoms in total. The highest BCUT2D eigenvalue weighted by atomic mass is 16.5. The molecule has 2 fully saturated rings. The molecule has 0 bridgehead atoms. The first-order chi connectivity index (χ1) is 6.77. The molecule has 1 aliphatic heterocycles. The zero-order chi connectivity index (χ0) is 11.3. The van der Waals surface area contributed by atoms with Crippen molar-refractivity contribution in [3.8, 4) is 0 Å². The van der Waals surface area contributed by atoms with Crippen LogP contribution in [-0.2, 0) is 4.74 Å². The molecule has 88 valence electrons. The number of fused-ring (bicyclic) bond motifs is 1. The zero-order valence-electron chi connectivity index (χ0n) is 10.5. The van der Waals surface area contributed by atoms with Gasteiger partial charge in [-0.15, -0.1) is 0 Å². The van der Waals surface area contributed by atoms with Gasteiger partial charge in [0.25, 0.3) is 0 Å². The van der Waals surface area contributed by atoms with Crippen LogP contribution in [0.25, 0.3) is 0 Å². The SMILES string of the molecule is CC12CCC(O)(C(C)(C)C)CC1CCO2. The van der Waals surface area contributed by atoms with Crippen molar-refractivity contribution in [1.82, 2.24) is 0 Å². The number of hydrogen-bond acceptors (Lipinski definition) is 2. The van der Waals surface area contributed by atoms with Gasteiger partial charge in [-0.2, -0.15) is 0 Å². The van der Waals surface area contributed by atoms with E-state index in [4.69, 9.17) is 4.74 Å². The summed E-state index contributed by atoms with van der Waals surface area (Å²) in [5.41, 5.74) is -0.459. The second kappa shape index (κ2) is 3.21. The summed E-state index contributed by atoms with van der Waals surface area (Å²) in [6.45, 7) is 9.52. The van der Waals surface area contributed by atoms with Gasteiger partial charge in [0, 0.05) is 6.61 Å². The lowest BCUT2D eigenvalue weighted by Gasteiger charge is -2.49. The van der Waals surface area contributed by atoms with Gasteiger partial charge in [0.15, 0.2) is 0 Å². The lowest BCUT2D eigenvalue weighted by Crippen LogP contribution is -2.52. The predicted molar refractivity (Wildman–Crippen MR) is 60.7 cm³/mol. The molecule has 2 rings (SSSR count). The third-order valence-electron chi connectivity index (χ3n) is 4.78. The summed E-state index contributed by atoms with van der Waals surface area (Å²) in [6.07, 6.45) is 3.91. The molecule has 1 aliphatic carbocycles. The highest BCUT2D eigenvalue weighted by Gasteiger charge is 2.53. The van der Waals surface area contributed by atoms with Crippen molar-refractivity contribution in [1.29, 1.82) is 0 Å². The van der Waals surface area contributed by atoms with Gasteiger partial charge >= 0.3 is 0 Å². The second-order valence-corrected chi connectivity index (χ2v) is 6.63. The van der Waals surface area contributed by atoms with E-state index >= 15 is 0 Å². The van der Waals surface area contributed by atoms with Gasteiger partial charge in [-0.05, 0) is 43.9 Å². The van der Waals surface area contributed by atoms with Crippen LogP contribution in [0.5, 0.6) is 0 Å². The van der Waals surface area contributed by atoms with E-state index in [-0.39, 0.29) is 11.0 Å². The number of ether oxygens (including phenoxy) is 1. The number of rotatable bonds is 0. The Balaban J connectivity index is 2.17. The first kappa shape index (κ1) is 11.4. The highest BCUT2D eigenvalue weighted by Crippen LogP contribution is 2.51. The van der Waals surface area contributed by atoms with Crippen molar-refractivity contribution in [3.05, 3.63) is 0 Å². The van der Waals surface area contributed by atoms with Gasteiger partial charge in [0.1, 0.15) is 0 Å². The second-order valence-electron chi connectivity index (χ2n) is 6.63. The van der Waals surface area contributed by atoms with Crippen LogP contribution in [0, 0.1) is 11.3 Å². The maximum atomic E-state index is 10.7. The molecule has 2 aliphatic rings. The summed E-state index contributed by atoms with van der Waals surface area (Å²) in [4.78, 5) is 0. The summed E-state index contributed by atoms with van der Waals surface area (Å²) in [5.74, 6) is 0.551. The summed E-state index contributed by atoms with van der Waals surface area (Å²) in [7, 11) is 0. The maximum absolute atomic E-state index is 10.7. The van der Waals surface area contributed by atoms with E-state index in [0.29, 0.717) is 5.92 Å². The molecular formula is C13H24O2. The van der Waals surface area contributed by atoms with Gasteiger partial charge in [-0.1, -0.05) is 20.8 Å². The van der Waals surface area contributed by atoms with Gasteiger partial charge < -0.3 is 9.84 Å². The molecule has 1 saturated carbocycles. The van der Waals surface area contributed by atoms with E-state index in [2.05, 4.69) is 27.7 Å². The summed E-state index contributed by atoms with van der Waals surface area (Å²) < 4.78 is 5.84. The molecule has 0 aromatic heterocycles. The minimum Gasteiger partial charge on any atom is -0.389 e. The van der Waals surface area contributed by atoms with Crippen LogP contribution in [0.1, 0.15) is 53.4 Å². The number of hydrogen-bond donors (Lipinski definition) is 1. The molecule has 1 N–H and O–H groups in total. The van der Waals surface area contributed by atoms with Crippen LogP contribution in [0.15, 0.2) is 0 Å². The minimum atomic E-state index is -0.495. The first-order valence-electron chi connectivity index (χ1n) is 6.13. The minimum absolute atomic E-state index is 0.0169. The smallest absolute Gasteiger partial charge is 0.0700 e. The Labute approximate surface area is 93.0 Å². The summed E-state index contributed by atoms with van der Waals surface area (Å²) >= 11 is 0. The molecule has 3 unspecified atom stereocenters. The van der Waals surface area contributed by atoms with E-state index in [1.54, 1.807) is 0 Å². The Bertz CT molecular complexity index is 256. The van der Waals surface area contributed by atoms with Crippen molar-refractivity contribution < 1.29 is 9.84 Å². The average molecular weight is 212 g/mol. The Morgan fingerprint density at radius 1 is 1.27 bits per heavy atom. The van der Waals surface area contributed by atoms with Crippen molar-refractivity contribution in [2.24, 2.45) is 11.3 Å². The van der Waals surface area contributed by atoms with Gasteiger partial charge in [-0.3, -0.25) is 0 Å². The van der Waals surface area contributed by atoms with E-state index in [0.717, 1.165) is 32.3 Å². The van der Waals surface area contributed by atoms with Crippen molar-refractivity contribution in [2.75, 3.05) is 6.61 Å². The predicted octanol–water partition coefficient (Wildman–Crippen LogP) is 2.74. The van der Waals surface area contributed by atoms with Crippen LogP contribution >= 0.6 is 0 Å². The Morgan fingerprint density at radius 2 is 1.93 bits per heavy atom. The quantitative estimate of drug-likeness (QED) is 0.669. The fraction of sp³-hybridized carbons (Fsp3) is 1.00. The third-order valence-corrected chi connectivity index (χ3v) is 4.78. The van der Waals surface area contributed by atoms with Crippen LogP contribution in [0.4, 0.5) is 0 Å². The molecule has 1 saturated heterocycles. The molecule has 15 heavy (non-hydrogen) atoms. The van der Waals surface area contributed by atoms with Crippen molar-refractivity contribution in [2.45, 2.75) is 64.6 Å². The standard InChI is InChI=1S/C13H24O2/c1-11(2,3)13(14)7-6-12(4)10(9-13)5-8-15-12/h10,14H,5-9H2,1-4H3. The Morgan fingerprint density at radius 3 is 2.53 bits per heavy atom. The topological polar surface area (TPSA) is 29.5 Å².